The van der Waals surface area contributed by atoms with Gasteiger partial charge in [-0.1, -0.05) is 35.5 Å². The predicted molar refractivity (Wildman–Crippen MR) is 76.6 cm³/mol. The maximum absolute atomic E-state index is 10.5. The molecule has 0 aliphatic heterocycles. The second-order valence-corrected chi connectivity index (χ2v) is 4.54. The van der Waals surface area contributed by atoms with Crippen molar-refractivity contribution in [1.29, 1.82) is 5.26 Å². The van der Waals surface area contributed by atoms with E-state index in [2.05, 4.69) is 16.4 Å². The van der Waals surface area contributed by atoms with Gasteiger partial charge in [0.2, 0.25) is 0 Å². The van der Waals surface area contributed by atoms with Crippen molar-refractivity contribution in [3.63, 3.8) is 0 Å². The summed E-state index contributed by atoms with van der Waals surface area (Å²) >= 11 is 0. The quantitative estimate of drug-likeness (QED) is 0.796. The van der Waals surface area contributed by atoms with Gasteiger partial charge in [-0.15, -0.1) is 5.10 Å². The highest BCUT2D eigenvalue weighted by molar-refractivity contribution is 5.37. The molecule has 0 amide bonds. The highest BCUT2D eigenvalue weighted by Crippen LogP contribution is 2.23. The number of nitriles is 1. The summed E-state index contributed by atoms with van der Waals surface area (Å²) in [7, 11) is 0. The molecule has 0 bridgehead atoms. The normalized spacial score (nSPS) is 11.8. The first kappa shape index (κ1) is 13.0. The van der Waals surface area contributed by atoms with Crippen molar-refractivity contribution in [2.24, 2.45) is 0 Å². The molecule has 3 rings (SSSR count). The topological polar surface area (TPSA) is 74.7 Å². The van der Waals surface area contributed by atoms with Crippen LogP contribution < -0.4 is 0 Å². The van der Waals surface area contributed by atoms with E-state index >= 15 is 0 Å². The van der Waals surface area contributed by atoms with Crippen LogP contribution in [0.25, 0.3) is 5.69 Å². The number of aliphatic hydroxyl groups is 1. The SMILES string of the molecule is N#Cc1ccc(C(O)c2cnnn2-c2ccccc2)cc1. The number of nitrogens with zero attached hydrogens (tertiary/aromatic N) is 4. The standard InChI is InChI=1S/C16H12N4O/c17-10-12-6-8-13(9-7-12)16(21)15-11-18-19-20(15)14-4-2-1-3-5-14/h1-9,11,16,21H. The van der Waals surface area contributed by atoms with Crippen LogP contribution >= 0.6 is 0 Å². The molecule has 1 atom stereocenters. The minimum absolute atomic E-state index is 0.556. The second kappa shape index (κ2) is 5.57. The summed E-state index contributed by atoms with van der Waals surface area (Å²) in [5, 5.41) is 27.2. The van der Waals surface area contributed by atoms with Crippen LogP contribution in [0.4, 0.5) is 0 Å². The maximum atomic E-state index is 10.5. The molecule has 0 spiro atoms. The van der Waals surface area contributed by atoms with Gasteiger partial charge in [0.05, 0.1) is 29.2 Å². The van der Waals surface area contributed by atoms with Gasteiger partial charge in [-0.2, -0.15) is 5.26 Å². The van der Waals surface area contributed by atoms with Gasteiger partial charge in [-0.25, -0.2) is 4.68 Å². The largest absolute Gasteiger partial charge is 0.382 e. The second-order valence-electron chi connectivity index (χ2n) is 4.54. The third-order valence-corrected chi connectivity index (χ3v) is 3.21. The van der Waals surface area contributed by atoms with Crippen molar-refractivity contribution in [1.82, 2.24) is 15.0 Å². The van der Waals surface area contributed by atoms with Crippen LogP contribution in [0.2, 0.25) is 0 Å². The Morgan fingerprint density at radius 2 is 1.76 bits per heavy atom. The number of hydrogen-bond acceptors (Lipinski definition) is 4. The molecule has 0 aliphatic rings. The number of aliphatic hydroxyl groups excluding tert-OH is 1. The Hall–Kier alpha value is -2.97. The Balaban J connectivity index is 1.97. The van der Waals surface area contributed by atoms with Crippen molar-refractivity contribution in [2.45, 2.75) is 6.10 Å². The smallest absolute Gasteiger partial charge is 0.123 e. The highest BCUT2D eigenvalue weighted by Gasteiger charge is 2.17. The van der Waals surface area contributed by atoms with E-state index in [4.69, 9.17) is 5.26 Å². The molecule has 5 nitrogen and oxygen atoms in total. The minimum atomic E-state index is -0.854. The molecule has 1 heterocycles. The first-order valence-corrected chi connectivity index (χ1v) is 6.44. The molecular formula is C16H12N4O. The van der Waals surface area contributed by atoms with Crippen LogP contribution in [0.1, 0.15) is 22.9 Å². The summed E-state index contributed by atoms with van der Waals surface area (Å²) in [6.45, 7) is 0. The lowest BCUT2D eigenvalue weighted by atomic mass is 10.1. The van der Waals surface area contributed by atoms with Crippen molar-refractivity contribution in [3.05, 3.63) is 77.6 Å². The van der Waals surface area contributed by atoms with E-state index in [0.29, 0.717) is 16.8 Å². The molecule has 102 valence electrons. The molecule has 0 saturated carbocycles. The van der Waals surface area contributed by atoms with Crippen LogP contribution in [0.5, 0.6) is 0 Å². The molecule has 2 aromatic carbocycles. The van der Waals surface area contributed by atoms with E-state index in [9.17, 15) is 5.11 Å². The zero-order valence-corrected chi connectivity index (χ0v) is 11.1. The van der Waals surface area contributed by atoms with Crippen LogP contribution in [-0.4, -0.2) is 20.1 Å². The summed E-state index contributed by atoms with van der Waals surface area (Å²) in [5.41, 5.74) is 2.65. The monoisotopic (exact) mass is 276 g/mol. The maximum Gasteiger partial charge on any atom is 0.123 e. The van der Waals surface area contributed by atoms with Crippen molar-refractivity contribution < 1.29 is 5.11 Å². The van der Waals surface area contributed by atoms with Crippen molar-refractivity contribution in [2.75, 3.05) is 0 Å². The molecule has 1 aromatic heterocycles. The van der Waals surface area contributed by atoms with Crippen LogP contribution in [0, 0.1) is 11.3 Å². The van der Waals surface area contributed by atoms with E-state index in [-0.39, 0.29) is 0 Å². The third-order valence-electron chi connectivity index (χ3n) is 3.21. The fourth-order valence-electron chi connectivity index (χ4n) is 2.11. The summed E-state index contributed by atoms with van der Waals surface area (Å²) in [6.07, 6.45) is 0.684. The first-order valence-electron chi connectivity index (χ1n) is 6.44. The zero-order chi connectivity index (χ0) is 14.7. The Morgan fingerprint density at radius 3 is 2.43 bits per heavy atom. The van der Waals surface area contributed by atoms with Gasteiger partial charge in [0.1, 0.15) is 6.10 Å². The summed E-state index contributed by atoms with van der Waals surface area (Å²) < 4.78 is 1.60. The Labute approximate surface area is 121 Å². The van der Waals surface area contributed by atoms with E-state index in [1.54, 1.807) is 28.9 Å². The lowest BCUT2D eigenvalue weighted by Crippen LogP contribution is -2.08. The lowest BCUT2D eigenvalue weighted by Gasteiger charge is -2.12. The van der Waals surface area contributed by atoms with Crippen LogP contribution in [0.3, 0.4) is 0 Å². The molecule has 21 heavy (non-hydrogen) atoms. The molecule has 5 heteroatoms. The zero-order valence-electron chi connectivity index (χ0n) is 11.1. The van der Waals surface area contributed by atoms with Gasteiger partial charge in [0.15, 0.2) is 0 Å². The molecule has 0 radical (unpaired) electrons. The number of para-hydroxylation sites is 1. The first-order chi connectivity index (χ1) is 10.3. The third kappa shape index (κ3) is 2.53. The number of hydrogen-bond donors (Lipinski definition) is 1. The average molecular weight is 276 g/mol. The minimum Gasteiger partial charge on any atom is -0.382 e. The number of aromatic nitrogens is 3. The van der Waals surface area contributed by atoms with Gasteiger partial charge in [-0.05, 0) is 29.8 Å². The molecule has 0 saturated heterocycles. The van der Waals surface area contributed by atoms with E-state index < -0.39 is 6.10 Å². The van der Waals surface area contributed by atoms with Gasteiger partial charge in [0, 0.05) is 0 Å². The molecule has 0 fully saturated rings. The Bertz CT molecular complexity index is 772. The van der Waals surface area contributed by atoms with E-state index in [1.165, 1.54) is 6.20 Å². The highest BCUT2D eigenvalue weighted by atomic mass is 16.3. The summed E-state index contributed by atoms with van der Waals surface area (Å²) in [4.78, 5) is 0. The van der Waals surface area contributed by atoms with Crippen molar-refractivity contribution in [3.8, 4) is 11.8 Å². The summed E-state index contributed by atoms with van der Waals surface area (Å²) in [6, 6.07) is 18.4. The van der Waals surface area contributed by atoms with Crippen LogP contribution in [0.15, 0.2) is 60.8 Å². The fourth-order valence-corrected chi connectivity index (χ4v) is 2.11. The molecule has 3 aromatic rings. The number of benzene rings is 2. The van der Waals surface area contributed by atoms with Gasteiger partial charge in [0.25, 0.3) is 0 Å². The summed E-state index contributed by atoms with van der Waals surface area (Å²) in [5.74, 6) is 0. The number of rotatable bonds is 3. The van der Waals surface area contributed by atoms with Gasteiger partial charge < -0.3 is 5.11 Å². The van der Waals surface area contributed by atoms with Crippen molar-refractivity contribution >= 4 is 0 Å². The molecular weight excluding hydrogens is 264 g/mol. The Kier molecular flexibility index (Phi) is 3.46. The van der Waals surface area contributed by atoms with E-state index in [1.807, 2.05) is 30.3 Å². The fraction of sp³-hybridized carbons (Fsp3) is 0.0625. The lowest BCUT2D eigenvalue weighted by molar-refractivity contribution is 0.212. The van der Waals surface area contributed by atoms with Crippen LogP contribution in [-0.2, 0) is 0 Å². The molecule has 1 unspecified atom stereocenters. The predicted octanol–water partition coefficient (Wildman–Crippen LogP) is 2.22. The molecule has 0 aliphatic carbocycles. The Morgan fingerprint density at radius 1 is 1.05 bits per heavy atom. The molecule has 1 N–H and O–H groups in total. The van der Waals surface area contributed by atoms with E-state index in [0.717, 1.165) is 5.69 Å². The van der Waals surface area contributed by atoms with Gasteiger partial charge >= 0.3 is 0 Å². The van der Waals surface area contributed by atoms with Gasteiger partial charge in [-0.3, -0.25) is 0 Å². The average Bonchev–Trinajstić information content (AvgIpc) is 3.04.